The van der Waals surface area contributed by atoms with Crippen LogP contribution in [0.3, 0.4) is 0 Å². The van der Waals surface area contributed by atoms with Gasteiger partial charge in [-0.15, -0.1) is 0 Å². The number of pyridine rings is 3. The summed E-state index contributed by atoms with van der Waals surface area (Å²) in [7, 11) is 3.80. The average molecular weight is 442 g/mol. The fourth-order valence-corrected chi connectivity index (χ4v) is 4.51. The standard InChI is InChI=1S/C26H27N5O2/c1-31-13-9-18(10-14-31)17-3-5-20(6-4-17)29-25-24-19(7-12-28-26(24)32)15-22(30-25)21-16-27-11-8-23(21)33-2/h3-8,11-12,15-16,18H,9-10,13-14H2,1-2H3,(H,28,32)(H,29,30). The van der Waals surface area contributed by atoms with Gasteiger partial charge in [-0.3, -0.25) is 9.78 Å². The first-order chi connectivity index (χ1) is 16.1. The maximum atomic E-state index is 12.7. The molecule has 5 rings (SSSR count). The number of nitrogens with one attached hydrogen (secondary N) is 2. The van der Waals surface area contributed by atoms with Gasteiger partial charge in [-0.1, -0.05) is 12.1 Å². The van der Waals surface area contributed by atoms with Crippen LogP contribution in [0, 0.1) is 0 Å². The van der Waals surface area contributed by atoms with E-state index in [-0.39, 0.29) is 5.56 Å². The second-order valence-electron chi connectivity index (χ2n) is 8.53. The molecule has 0 bridgehead atoms. The number of ether oxygens (including phenoxy) is 1. The number of aromatic nitrogens is 3. The molecule has 4 heterocycles. The van der Waals surface area contributed by atoms with Gasteiger partial charge >= 0.3 is 0 Å². The van der Waals surface area contributed by atoms with Gasteiger partial charge in [-0.2, -0.15) is 0 Å². The topological polar surface area (TPSA) is 83.1 Å². The van der Waals surface area contributed by atoms with Gasteiger partial charge in [0.2, 0.25) is 0 Å². The highest BCUT2D eigenvalue weighted by Gasteiger charge is 2.18. The van der Waals surface area contributed by atoms with Crippen LogP contribution in [0.5, 0.6) is 5.75 Å². The third kappa shape index (κ3) is 4.32. The van der Waals surface area contributed by atoms with E-state index in [9.17, 15) is 4.79 Å². The summed E-state index contributed by atoms with van der Waals surface area (Å²) >= 11 is 0. The van der Waals surface area contributed by atoms with Crippen LogP contribution in [0.4, 0.5) is 11.5 Å². The van der Waals surface area contributed by atoms with Crippen molar-refractivity contribution in [2.24, 2.45) is 0 Å². The average Bonchev–Trinajstić information content (AvgIpc) is 2.85. The Balaban J connectivity index is 1.51. The molecule has 0 radical (unpaired) electrons. The smallest absolute Gasteiger partial charge is 0.259 e. The molecule has 0 atom stereocenters. The minimum absolute atomic E-state index is 0.185. The van der Waals surface area contributed by atoms with Gasteiger partial charge in [0.15, 0.2) is 0 Å². The summed E-state index contributed by atoms with van der Waals surface area (Å²) in [5.41, 5.74) is 3.51. The highest BCUT2D eigenvalue weighted by molar-refractivity contribution is 5.95. The summed E-state index contributed by atoms with van der Waals surface area (Å²) < 4.78 is 5.50. The van der Waals surface area contributed by atoms with Crippen molar-refractivity contribution < 1.29 is 4.74 Å². The molecule has 2 N–H and O–H groups in total. The van der Waals surface area contributed by atoms with Crippen LogP contribution in [0.1, 0.15) is 24.3 Å². The first kappa shape index (κ1) is 21.2. The van der Waals surface area contributed by atoms with Crippen molar-refractivity contribution in [3.63, 3.8) is 0 Å². The van der Waals surface area contributed by atoms with Gasteiger partial charge in [0, 0.05) is 24.3 Å². The number of piperidine rings is 1. The van der Waals surface area contributed by atoms with E-state index in [1.165, 1.54) is 18.4 Å². The molecule has 33 heavy (non-hydrogen) atoms. The number of rotatable bonds is 5. The van der Waals surface area contributed by atoms with Crippen molar-refractivity contribution in [2.75, 3.05) is 32.6 Å². The maximum Gasteiger partial charge on any atom is 0.259 e. The predicted molar refractivity (Wildman–Crippen MR) is 131 cm³/mol. The summed E-state index contributed by atoms with van der Waals surface area (Å²) in [6, 6.07) is 14.0. The molecule has 0 unspecified atom stereocenters. The van der Waals surface area contributed by atoms with Crippen LogP contribution >= 0.6 is 0 Å². The molecule has 0 saturated carbocycles. The molecule has 1 aliphatic heterocycles. The monoisotopic (exact) mass is 441 g/mol. The molecule has 3 aromatic heterocycles. The summed E-state index contributed by atoms with van der Waals surface area (Å²) in [6.45, 7) is 2.27. The quantitative estimate of drug-likeness (QED) is 0.473. The van der Waals surface area contributed by atoms with Crippen molar-refractivity contribution in [3.8, 4) is 17.0 Å². The number of benzene rings is 1. The summed E-state index contributed by atoms with van der Waals surface area (Å²) in [5, 5.41) is 4.68. The summed E-state index contributed by atoms with van der Waals surface area (Å²) in [6.07, 6.45) is 7.41. The Labute approximate surface area is 192 Å². The largest absolute Gasteiger partial charge is 0.496 e. The van der Waals surface area contributed by atoms with Gasteiger partial charge in [-0.05, 0) is 80.2 Å². The van der Waals surface area contributed by atoms with E-state index in [0.717, 1.165) is 29.7 Å². The second kappa shape index (κ2) is 9.03. The lowest BCUT2D eigenvalue weighted by atomic mass is 9.89. The van der Waals surface area contributed by atoms with Gasteiger partial charge in [0.1, 0.15) is 11.6 Å². The molecule has 0 spiro atoms. The highest BCUT2D eigenvalue weighted by atomic mass is 16.5. The minimum atomic E-state index is -0.185. The zero-order chi connectivity index (χ0) is 22.8. The van der Waals surface area contributed by atoms with Gasteiger partial charge < -0.3 is 19.9 Å². The number of hydrogen-bond acceptors (Lipinski definition) is 6. The van der Waals surface area contributed by atoms with Crippen molar-refractivity contribution in [2.45, 2.75) is 18.8 Å². The summed E-state index contributed by atoms with van der Waals surface area (Å²) in [4.78, 5) is 26.8. The minimum Gasteiger partial charge on any atom is -0.496 e. The highest BCUT2D eigenvalue weighted by Crippen LogP contribution is 2.33. The van der Waals surface area contributed by atoms with E-state index in [1.54, 1.807) is 31.8 Å². The van der Waals surface area contributed by atoms with Crippen molar-refractivity contribution >= 4 is 22.3 Å². The molecular formula is C26H27N5O2. The van der Waals surface area contributed by atoms with E-state index in [0.29, 0.717) is 28.6 Å². The Hall–Kier alpha value is -3.71. The van der Waals surface area contributed by atoms with E-state index < -0.39 is 0 Å². The van der Waals surface area contributed by atoms with Crippen LogP contribution < -0.4 is 15.6 Å². The Morgan fingerprint density at radius 2 is 1.91 bits per heavy atom. The third-order valence-electron chi connectivity index (χ3n) is 6.39. The molecule has 4 aromatic rings. The Bertz CT molecular complexity index is 1320. The molecule has 7 nitrogen and oxygen atoms in total. The molecule has 0 aliphatic carbocycles. The Kier molecular flexibility index (Phi) is 5.79. The maximum absolute atomic E-state index is 12.7. The van der Waals surface area contributed by atoms with Crippen LogP contribution in [0.15, 0.2) is 65.8 Å². The Morgan fingerprint density at radius 1 is 1.12 bits per heavy atom. The van der Waals surface area contributed by atoms with Crippen LogP contribution in [-0.4, -0.2) is 47.1 Å². The predicted octanol–water partition coefficient (Wildman–Crippen LogP) is 4.55. The zero-order valence-electron chi connectivity index (χ0n) is 18.8. The molecule has 0 amide bonds. The molecule has 7 heteroatoms. The molecule has 1 aromatic carbocycles. The molecule has 1 aliphatic rings. The normalized spacial score (nSPS) is 15.0. The number of fused-ring (bicyclic) bond motifs is 1. The number of anilines is 2. The lowest BCUT2D eigenvalue weighted by molar-refractivity contribution is 0.255. The first-order valence-corrected chi connectivity index (χ1v) is 11.2. The van der Waals surface area contributed by atoms with Crippen molar-refractivity contribution in [1.82, 2.24) is 19.9 Å². The van der Waals surface area contributed by atoms with Crippen LogP contribution in [0.25, 0.3) is 22.0 Å². The Morgan fingerprint density at radius 3 is 2.67 bits per heavy atom. The number of aromatic amines is 1. The number of H-pyrrole nitrogens is 1. The number of nitrogens with zero attached hydrogens (tertiary/aromatic N) is 3. The molecule has 1 saturated heterocycles. The van der Waals surface area contributed by atoms with Gasteiger partial charge in [0.05, 0.1) is 23.8 Å². The van der Waals surface area contributed by atoms with E-state index >= 15 is 0 Å². The number of methoxy groups -OCH3 is 1. The first-order valence-electron chi connectivity index (χ1n) is 11.2. The lowest BCUT2D eigenvalue weighted by Gasteiger charge is -2.29. The van der Waals surface area contributed by atoms with Crippen LogP contribution in [-0.2, 0) is 0 Å². The van der Waals surface area contributed by atoms with E-state index in [4.69, 9.17) is 9.72 Å². The van der Waals surface area contributed by atoms with Crippen molar-refractivity contribution in [3.05, 3.63) is 77.0 Å². The third-order valence-corrected chi connectivity index (χ3v) is 6.39. The number of hydrogen-bond donors (Lipinski definition) is 2. The van der Waals surface area contributed by atoms with Crippen LogP contribution in [0.2, 0.25) is 0 Å². The fourth-order valence-electron chi connectivity index (χ4n) is 4.51. The SMILES string of the molecule is COc1ccncc1-c1cc2cc[nH]c(=O)c2c(Nc2ccc(C3CCN(C)CC3)cc2)n1. The summed E-state index contributed by atoms with van der Waals surface area (Å²) in [5.74, 6) is 1.77. The van der Waals surface area contributed by atoms with Gasteiger partial charge in [0.25, 0.3) is 5.56 Å². The molecule has 1 fully saturated rings. The molecular weight excluding hydrogens is 414 g/mol. The van der Waals surface area contributed by atoms with E-state index in [1.807, 2.05) is 12.1 Å². The number of likely N-dealkylation sites (tertiary alicyclic amines) is 1. The van der Waals surface area contributed by atoms with Crippen molar-refractivity contribution in [1.29, 1.82) is 0 Å². The molecule has 168 valence electrons. The fraction of sp³-hybridized carbons (Fsp3) is 0.269. The second-order valence-corrected chi connectivity index (χ2v) is 8.53. The van der Waals surface area contributed by atoms with Gasteiger partial charge in [-0.25, -0.2) is 4.98 Å². The van der Waals surface area contributed by atoms with E-state index in [2.05, 4.69) is 51.5 Å². The zero-order valence-corrected chi connectivity index (χ0v) is 18.8. The lowest BCUT2D eigenvalue weighted by Crippen LogP contribution is -2.29.